The molecule has 0 aromatic heterocycles. The van der Waals surface area contributed by atoms with E-state index < -0.39 is 5.60 Å². The van der Waals surface area contributed by atoms with E-state index in [9.17, 15) is 5.11 Å². The number of fused-ring (bicyclic) bond motifs is 5. The van der Waals surface area contributed by atoms with Crippen molar-refractivity contribution in [3.05, 3.63) is 41.5 Å². The van der Waals surface area contributed by atoms with Crippen LogP contribution in [0.25, 0.3) is 0 Å². The topological polar surface area (TPSA) is 53.2 Å². The van der Waals surface area contributed by atoms with Crippen LogP contribution >= 0.6 is 0 Å². The monoisotopic (exact) mass is 323 g/mol. The highest BCUT2D eigenvalue weighted by Crippen LogP contribution is 2.62. The average Bonchev–Trinajstić information content (AvgIpc) is 2.86. The third-order valence-electron chi connectivity index (χ3n) is 7.10. The van der Waals surface area contributed by atoms with Crippen molar-refractivity contribution in [1.82, 2.24) is 0 Å². The predicted molar refractivity (Wildman–Crippen MR) is 92.7 cm³/mol. The Hall–Kier alpha value is -1.79. The predicted octanol–water partition coefficient (Wildman–Crippen LogP) is 3.97. The van der Waals surface area contributed by atoms with Crippen LogP contribution in [0, 0.1) is 28.6 Å². The van der Waals surface area contributed by atoms with Gasteiger partial charge in [0.15, 0.2) is 0 Å². The molecule has 126 valence electrons. The standard InChI is InChI=1S/C21H25NO2/c1-20-9-7-17-16-6-4-15(24-2)13-14(16)3-5-18(17)19(20)8-10-21(20,23)11-12-22/h4,6,8,10,13,17-19,23H,3,5,7,9,11H2,1-2H3/t17-,18-,19+,20+,21-/m1/s1. The largest absolute Gasteiger partial charge is 0.497 e. The van der Waals surface area contributed by atoms with Gasteiger partial charge < -0.3 is 9.84 Å². The minimum Gasteiger partial charge on any atom is -0.497 e. The number of methoxy groups -OCH3 is 1. The van der Waals surface area contributed by atoms with Gasteiger partial charge in [-0.1, -0.05) is 25.1 Å². The molecule has 1 N–H and O–H groups in total. The van der Waals surface area contributed by atoms with Crippen LogP contribution < -0.4 is 4.74 Å². The highest BCUT2D eigenvalue weighted by Gasteiger charge is 2.58. The van der Waals surface area contributed by atoms with E-state index in [1.54, 1.807) is 7.11 Å². The summed E-state index contributed by atoms with van der Waals surface area (Å²) in [5.41, 5.74) is 1.73. The lowest BCUT2D eigenvalue weighted by Crippen LogP contribution is -2.51. The van der Waals surface area contributed by atoms with Crippen LogP contribution in [-0.4, -0.2) is 17.8 Å². The molecule has 1 aromatic carbocycles. The number of aliphatic hydroxyl groups is 1. The summed E-state index contributed by atoms with van der Waals surface area (Å²) in [6.45, 7) is 2.19. The summed E-state index contributed by atoms with van der Waals surface area (Å²) < 4.78 is 5.38. The molecule has 0 heterocycles. The Bertz CT molecular complexity index is 734. The number of benzene rings is 1. The first-order valence-corrected chi connectivity index (χ1v) is 8.98. The molecule has 3 aliphatic rings. The quantitative estimate of drug-likeness (QED) is 0.838. The van der Waals surface area contributed by atoms with Gasteiger partial charge in [0.05, 0.1) is 19.6 Å². The number of allylic oxidation sites excluding steroid dienone is 1. The maximum Gasteiger partial charge on any atom is 0.119 e. The molecule has 0 unspecified atom stereocenters. The Labute approximate surface area is 143 Å². The minimum atomic E-state index is -0.961. The molecule has 0 bridgehead atoms. The van der Waals surface area contributed by atoms with Crippen molar-refractivity contribution >= 4 is 0 Å². The van der Waals surface area contributed by atoms with Crippen molar-refractivity contribution in [2.75, 3.05) is 7.11 Å². The van der Waals surface area contributed by atoms with Crippen LogP contribution in [0.4, 0.5) is 0 Å². The van der Waals surface area contributed by atoms with E-state index in [1.165, 1.54) is 11.1 Å². The van der Waals surface area contributed by atoms with Gasteiger partial charge in [-0.2, -0.15) is 5.26 Å². The Balaban J connectivity index is 1.68. The zero-order valence-electron chi connectivity index (χ0n) is 14.5. The number of nitriles is 1. The van der Waals surface area contributed by atoms with Crippen LogP contribution in [0.5, 0.6) is 5.75 Å². The zero-order valence-corrected chi connectivity index (χ0v) is 14.5. The number of hydrogen-bond donors (Lipinski definition) is 1. The van der Waals surface area contributed by atoms with Gasteiger partial charge in [-0.15, -0.1) is 0 Å². The van der Waals surface area contributed by atoms with Gasteiger partial charge in [0.2, 0.25) is 0 Å². The fourth-order valence-corrected chi connectivity index (χ4v) is 5.63. The van der Waals surface area contributed by atoms with Gasteiger partial charge in [0.1, 0.15) is 11.4 Å². The molecule has 0 radical (unpaired) electrons. The summed E-state index contributed by atoms with van der Waals surface area (Å²) in [6, 6.07) is 8.70. The third kappa shape index (κ3) is 1.99. The zero-order chi connectivity index (χ0) is 16.9. The molecular weight excluding hydrogens is 298 g/mol. The van der Waals surface area contributed by atoms with E-state index in [1.807, 2.05) is 6.08 Å². The van der Waals surface area contributed by atoms with Crippen molar-refractivity contribution in [1.29, 1.82) is 5.26 Å². The third-order valence-corrected chi connectivity index (χ3v) is 7.10. The van der Waals surface area contributed by atoms with Crippen molar-refractivity contribution in [3.8, 4) is 11.8 Å². The smallest absolute Gasteiger partial charge is 0.119 e. The fourth-order valence-electron chi connectivity index (χ4n) is 5.63. The fraction of sp³-hybridized carbons (Fsp3) is 0.571. The lowest BCUT2D eigenvalue weighted by atomic mass is 9.52. The van der Waals surface area contributed by atoms with Crippen molar-refractivity contribution in [2.45, 2.75) is 50.5 Å². The molecule has 3 heteroatoms. The molecular formula is C21H25NO2. The number of ether oxygens (including phenoxy) is 1. The maximum absolute atomic E-state index is 11.1. The molecule has 4 rings (SSSR count). The van der Waals surface area contributed by atoms with E-state index in [0.717, 1.165) is 31.4 Å². The van der Waals surface area contributed by atoms with E-state index >= 15 is 0 Å². The molecule has 24 heavy (non-hydrogen) atoms. The summed E-state index contributed by atoms with van der Waals surface area (Å²) in [7, 11) is 1.72. The first-order chi connectivity index (χ1) is 11.5. The van der Waals surface area contributed by atoms with Gasteiger partial charge in [-0.05, 0) is 66.7 Å². The normalized spacial score (nSPS) is 39.5. The highest BCUT2D eigenvalue weighted by atomic mass is 16.5. The molecule has 0 saturated heterocycles. The molecule has 0 amide bonds. The highest BCUT2D eigenvalue weighted by molar-refractivity contribution is 5.41. The number of hydrogen-bond acceptors (Lipinski definition) is 3. The Kier molecular flexibility index (Phi) is 3.51. The number of aryl methyl sites for hydroxylation is 1. The van der Waals surface area contributed by atoms with Crippen LogP contribution in [0.3, 0.4) is 0 Å². The molecule has 1 saturated carbocycles. The number of nitrogens with zero attached hydrogens (tertiary/aromatic N) is 1. The van der Waals surface area contributed by atoms with Crippen molar-refractivity contribution < 1.29 is 9.84 Å². The molecule has 0 spiro atoms. The summed E-state index contributed by atoms with van der Waals surface area (Å²) in [4.78, 5) is 0. The van der Waals surface area contributed by atoms with Gasteiger partial charge in [0.25, 0.3) is 0 Å². The molecule has 3 nitrogen and oxygen atoms in total. The van der Waals surface area contributed by atoms with E-state index in [2.05, 4.69) is 37.3 Å². The van der Waals surface area contributed by atoms with Gasteiger partial charge in [-0.3, -0.25) is 0 Å². The average molecular weight is 323 g/mol. The van der Waals surface area contributed by atoms with Crippen LogP contribution in [0.1, 0.15) is 49.7 Å². The van der Waals surface area contributed by atoms with E-state index in [-0.39, 0.29) is 11.8 Å². The SMILES string of the molecule is COc1ccc2c(c1)CC[C@@H]1[C@@H]2CC[C@@]2(C)[C@H]1C=C[C@@]2(O)CC#N. The summed E-state index contributed by atoms with van der Waals surface area (Å²) >= 11 is 0. The molecule has 1 aromatic rings. The lowest BCUT2D eigenvalue weighted by molar-refractivity contribution is -0.0827. The van der Waals surface area contributed by atoms with Gasteiger partial charge in [0, 0.05) is 5.41 Å². The second-order valence-electron chi connectivity index (χ2n) is 7.97. The van der Waals surface area contributed by atoms with Crippen molar-refractivity contribution in [2.24, 2.45) is 17.3 Å². The maximum atomic E-state index is 11.1. The number of rotatable bonds is 2. The Morgan fingerprint density at radius 2 is 2.21 bits per heavy atom. The molecule has 5 atom stereocenters. The Morgan fingerprint density at radius 1 is 1.38 bits per heavy atom. The lowest BCUT2D eigenvalue weighted by Gasteiger charge is -2.53. The minimum absolute atomic E-state index is 0.196. The second kappa shape index (κ2) is 5.36. The first kappa shape index (κ1) is 15.7. The van der Waals surface area contributed by atoms with E-state index in [4.69, 9.17) is 10.00 Å². The van der Waals surface area contributed by atoms with Crippen LogP contribution in [0.15, 0.2) is 30.4 Å². The van der Waals surface area contributed by atoms with E-state index in [0.29, 0.717) is 17.8 Å². The second-order valence-corrected chi connectivity index (χ2v) is 7.97. The summed E-state index contributed by atoms with van der Waals surface area (Å²) in [5.74, 6) is 2.43. The van der Waals surface area contributed by atoms with Crippen molar-refractivity contribution in [3.63, 3.8) is 0 Å². The summed E-state index contributed by atoms with van der Waals surface area (Å²) in [5, 5.41) is 20.2. The summed E-state index contributed by atoms with van der Waals surface area (Å²) in [6.07, 6.45) is 8.61. The van der Waals surface area contributed by atoms with Gasteiger partial charge >= 0.3 is 0 Å². The van der Waals surface area contributed by atoms with Crippen LogP contribution in [0.2, 0.25) is 0 Å². The van der Waals surface area contributed by atoms with Gasteiger partial charge in [-0.25, -0.2) is 0 Å². The molecule has 1 fully saturated rings. The molecule has 3 aliphatic carbocycles. The van der Waals surface area contributed by atoms with Crippen LogP contribution in [-0.2, 0) is 6.42 Å². The first-order valence-electron chi connectivity index (χ1n) is 8.98. The molecule has 0 aliphatic heterocycles. The Morgan fingerprint density at radius 3 is 2.96 bits per heavy atom.